The van der Waals surface area contributed by atoms with Crippen LogP contribution in [0.4, 0.5) is 0 Å². The van der Waals surface area contributed by atoms with Crippen molar-refractivity contribution in [3.8, 4) is 0 Å². The lowest BCUT2D eigenvalue weighted by Gasteiger charge is -2.10. The molecule has 0 fully saturated rings. The first-order chi connectivity index (χ1) is 6.51. The van der Waals surface area contributed by atoms with Gasteiger partial charge in [-0.05, 0) is 17.0 Å². The molecule has 0 amide bonds. The van der Waals surface area contributed by atoms with E-state index in [0.717, 1.165) is 17.4 Å². The molecule has 0 heterocycles. The summed E-state index contributed by atoms with van der Waals surface area (Å²) in [6, 6.07) is 7.58. The predicted octanol–water partition coefficient (Wildman–Crippen LogP) is 3.56. The Labute approximate surface area is 85.5 Å². The lowest BCUT2D eigenvalue weighted by atomic mass is 9.95. The van der Waals surface area contributed by atoms with E-state index >= 15 is 0 Å². The molecule has 0 N–H and O–H groups in total. The van der Waals surface area contributed by atoms with Gasteiger partial charge < -0.3 is 0 Å². The van der Waals surface area contributed by atoms with E-state index in [9.17, 15) is 4.79 Å². The first-order valence-corrected chi connectivity index (χ1v) is 4.76. The zero-order valence-corrected chi connectivity index (χ0v) is 8.95. The summed E-state index contributed by atoms with van der Waals surface area (Å²) in [5.41, 5.74) is 1.97. The Morgan fingerprint density at radius 1 is 1.14 bits per heavy atom. The zero-order valence-electron chi connectivity index (χ0n) is 8.95. The van der Waals surface area contributed by atoms with Gasteiger partial charge in [0, 0.05) is 5.56 Å². The number of carbonyl (C=O) groups excluding carboxylic acids is 1. The summed E-state index contributed by atoms with van der Waals surface area (Å²) in [7, 11) is 0. The van der Waals surface area contributed by atoms with E-state index in [1.165, 1.54) is 0 Å². The molecule has 0 spiro atoms. The molecule has 0 atom stereocenters. The molecular formula is C13H16O. The van der Waals surface area contributed by atoms with Crippen LogP contribution >= 0.6 is 0 Å². The van der Waals surface area contributed by atoms with Crippen molar-refractivity contribution in [3.63, 3.8) is 0 Å². The molecule has 0 unspecified atom stereocenters. The standard InChI is InChI=1S/C13H16O/c1-13(2,3)8-7-11-5-4-6-12(9-11)10-14/h4-10H,1-3H3/b8-7+. The zero-order chi connectivity index (χ0) is 10.6. The van der Waals surface area contributed by atoms with Crippen molar-refractivity contribution in [1.29, 1.82) is 0 Å². The summed E-state index contributed by atoms with van der Waals surface area (Å²) in [6.45, 7) is 6.44. The molecule has 1 aromatic rings. The molecule has 14 heavy (non-hydrogen) atoms. The van der Waals surface area contributed by atoms with Gasteiger partial charge in [0.05, 0.1) is 0 Å². The topological polar surface area (TPSA) is 17.1 Å². The summed E-state index contributed by atoms with van der Waals surface area (Å²) in [5.74, 6) is 0. The van der Waals surface area contributed by atoms with E-state index in [-0.39, 0.29) is 5.41 Å². The summed E-state index contributed by atoms with van der Waals surface area (Å²) < 4.78 is 0. The van der Waals surface area contributed by atoms with Crippen LogP contribution in [0.25, 0.3) is 6.08 Å². The van der Waals surface area contributed by atoms with Crippen molar-refractivity contribution in [3.05, 3.63) is 41.5 Å². The van der Waals surface area contributed by atoms with Crippen LogP contribution in [0, 0.1) is 5.41 Å². The number of carbonyl (C=O) groups is 1. The van der Waals surface area contributed by atoms with Crippen LogP contribution < -0.4 is 0 Å². The lowest BCUT2D eigenvalue weighted by Crippen LogP contribution is -1.97. The molecule has 0 radical (unpaired) electrons. The fraction of sp³-hybridized carbons (Fsp3) is 0.308. The summed E-state index contributed by atoms with van der Waals surface area (Å²) in [4.78, 5) is 10.5. The second-order valence-corrected chi connectivity index (χ2v) is 4.49. The number of aldehydes is 1. The Kier molecular flexibility index (Phi) is 3.23. The average Bonchev–Trinajstić information content (AvgIpc) is 2.14. The number of hydrogen-bond acceptors (Lipinski definition) is 1. The first-order valence-electron chi connectivity index (χ1n) is 4.76. The predicted molar refractivity (Wildman–Crippen MR) is 60.3 cm³/mol. The summed E-state index contributed by atoms with van der Waals surface area (Å²) in [6.07, 6.45) is 5.05. The molecule has 0 aliphatic carbocycles. The Morgan fingerprint density at radius 2 is 1.79 bits per heavy atom. The Bertz CT molecular complexity index is 342. The third-order valence-corrected chi connectivity index (χ3v) is 1.82. The van der Waals surface area contributed by atoms with Crippen molar-refractivity contribution < 1.29 is 4.79 Å². The molecule has 0 aliphatic heterocycles. The Hall–Kier alpha value is -1.37. The van der Waals surface area contributed by atoms with Gasteiger partial charge in [0.2, 0.25) is 0 Å². The van der Waals surface area contributed by atoms with Gasteiger partial charge in [-0.1, -0.05) is 51.1 Å². The summed E-state index contributed by atoms with van der Waals surface area (Å²) in [5, 5.41) is 0. The minimum Gasteiger partial charge on any atom is -0.298 e. The number of allylic oxidation sites excluding steroid dienone is 1. The monoisotopic (exact) mass is 188 g/mol. The molecule has 1 aromatic carbocycles. The third kappa shape index (κ3) is 3.56. The first kappa shape index (κ1) is 10.7. The maximum absolute atomic E-state index is 10.5. The van der Waals surface area contributed by atoms with Crippen LogP contribution in [0.3, 0.4) is 0 Å². The highest BCUT2D eigenvalue weighted by molar-refractivity contribution is 5.76. The molecule has 1 rings (SSSR count). The number of hydrogen-bond donors (Lipinski definition) is 0. The average molecular weight is 188 g/mol. The molecule has 1 nitrogen and oxygen atoms in total. The van der Waals surface area contributed by atoms with Crippen LogP contribution in [0.2, 0.25) is 0 Å². The largest absolute Gasteiger partial charge is 0.298 e. The number of benzene rings is 1. The van der Waals surface area contributed by atoms with Crippen LogP contribution in [-0.2, 0) is 0 Å². The highest BCUT2D eigenvalue weighted by atomic mass is 16.1. The van der Waals surface area contributed by atoms with Gasteiger partial charge in [-0.2, -0.15) is 0 Å². The van der Waals surface area contributed by atoms with Crippen molar-refractivity contribution in [2.24, 2.45) is 5.41 Å². The van der Waals surface area contributed by atoms with Gasteiger partial charge in [0.1, 0.15) is 6.29 Å². The SMILES string of the molecule is CC(C)(C)/C=C/c1cccc(C=O)c1. The minimum absolute atomic E-state index is 0.178. The molecule has 0 bridgehead atoms. The van der Waals surface area contributed by atoms with Gasteiger partial charge in [0.15, 0.2) is 0 Å². The van der Waals surface area contributed by atoms with Gasteiger partial charge in [-0.15, -0.1) is 0 Å². The second-order valence-electron chi connectivity index (χ2n) is 4.49. The summed E-state index contributed by atoms with van der Waals surface area (Å²) >= 11 is 0. The van der Waals surface area contributed by atoms with Gasteiger partial charge in [-0.3, -0.25) is 4.79 Å². The van der Waals surface area contributed by atoms with Gasteiger partial charge >= 0.3 is 0 Å². The smallest absolute Gasteiger partial charge is 0.150 e. The van der Waals surface area contributed by atoms with E-state index in [1.54, 1.807) is 6.07 Å². The van der Waals surface area contributed by atoms with Gasteiger partial charge in [0.25, 0.3) is 0 Å². The van der Waals surface area contributed by atoms with E-state index in [1.807, 2.05) is 24.3 Å². The minimum atomic E-state index is 0.178. The Morgan fingerprint density at radius 3 is 2.36 bits per heavy atom. The number of rotatable bonds is 2. The molecule has 1 heteroatoms. The van der Waals surface area contributed by atoms with Crippen LogP contribution in [0.5, 0.6) is 0 Å². The normalized spacial score (nSPS) is 11.9. The van der Waals surface area contributed by atoms with E-state index in [2.05, 4.69) is 26.8 Å². The third-order valence-electron chi connectivity index (χ3n) is 1.82. The van der Waals surface area contributed by atoms with E-state index < -0.39 is 0 Å². The maximum Gasteiger partial charge on any atom is 0.150 e. The van der Waals surface area contributed by atoms with E-state index in [4.69, 9.17) is 0 Å². The highest BCUT2D eigenvalue weighted by Crippen LogP contribution is 2.17. The maximum atomic E-state index is 10.5. The fourth-order valence-corrected chi connectivity index (χ4v) is 1.08. The highest BCUT2D eigenvalue weighted by Gasteiger charge is 2.03. The molecular weight excluding hydrogens is 172 g/mol. The Balaban J connectivity index is 2.87. The second kappa shape index (κ2) is 4.23. The molecule has 0 saturated heterocycles. The molecule has 74 valence electrons. The van der Waals surface area contributed by atoms with Crippen LogP contribution in [0.1, 0.15) is 36.7 Å². The van der Waals surface area contributed by atoms with Crippen molar-refractivity contribution in [2.45, 2.75) is 20.8 Å². The van der Waals surface area contributed by atoms with E-state index in [0.29, 0.717) is 0 Å². The lowest BCUT2D eigenvalue weighted by molar-refractivity contribution is 0.112. The van der Waals surface area contributed by atoms with Crippen molar-refractivity contribution in [1.82, 2.24) is 0 Å². The molecule has 0 aliphatic rings. The molecule has 0 saturated carbocycles. The van der Waals surface area contributed by atoms with Crippen molar-refractivity contribution in [2.75, 3.05) is 0 Å². The van der Waals surface area contributed by atoms with Crippen LogP contribution in [-0.4, -0.2) is 6.29 Å². The van der Waals surface area contributed by atoms with Gasteiger partial charge in [-0.25, -0.2) is 0 Å². The van der Waals surface area contributed by atoms with Crippen molar-refractivity contribution >= 4 is 12.4 Å². The molecule has 0 aromatic heterocycles. The fourth-order valence-electron chi connectivity index (χ4n) is 1.08. The quantitative estimate of drug-likeness (QED) is 0.648. The van der Waals surface area contributed by atoms with Crippen LogP contribution in [0.15, 0.2) is 30.3 Å².